The fourth-order valence-electron chi connectivity index (χ4n) is 6.78. The minimum atomic E-state index is -0.284. The van der Waals surface area contributed by atoms with Gasteiger partial charge in [0.15, 0.2) is 0 Å². The van der Waals surface area contributed by atoms with E-state index in [1.807, 2.05) is 0 Å². The van der Waals surface area contributed by atoms with E-state index in [0.717, 1.165) is 12.2 Å². The molecule has 0 aromatic heterocycles. The number of rotatable bonds is 10. The molecule has 2 unspecified atom stereocenters. The third-order valence-corrected chi connectivity index (χ3v) is 8.07. The Morgan fingerprint density at radius 3 is 1.76 bits per heavy atom. The fourth-order valence-corrected chi connectivity index (χ4v) is 6.78. The van der Waals surface area contributed by atoms with E-state index >= 15 is 0 Å². The Hall–Kier alpha value is -2.58. The van der Waals surface area contributed by atoms with Gasteiger partial charge in [0.1, 0.15) is 5.75 Å². The molecule has 0 saturated carbocycles. The zero-order valence-electron chi connectivity index (χ0n) is 24.9. The van der Waals surface area contributed by atoms with Gasteiger partial charge in [0.2, 0.25) is 6.29 Å². The SMILES string of the molecule is CCCCC(C)C(OCC1c2ccccc2-c2ccccc21)Oc1ccc(C(C(C)(C)C)C(C)(C)C)cc1. The van der Waals surface area contributed by atoms with Crippen LogP contribution in [0.25, 0.3) is 11.1 Å². The minimum absolute atomic E-state index is 0.175. The lowest BCUT2D eigenvalue weighted by atomic mass is 9.64. The van der Waals surface area contributed by atoms with Crippen LogP contribution in [0.3, 0.4) is 0 Å². The highest BCUT2D eigenvalue weighted by atomic mass is 16.7. The summed E-state index contributed by atoms with van der Waals surface area (Å²) in [6.07, 6.45) is 3.16. The number of hydrogen-bond donors (Lipinski definition) is 0. The van der Waals surface area contributed by atoms with Crippen LogP contribution in [-0.4, -0.2) is 12.9 Å². The van der Waals surface area contributed by atoms with E-state index < -0.39 is 0 Å². The quantitative estimate of drug-likeness (QED) is 0.252. The molecule has 4 rings (SSSR count). The summed E-state index contributed by atoms with van der Waals surface area (Å²) in [5.74, 6) is 1.87. The van der Waals surface area contributed by atoms with Crippen molar-refractivity contribution in [2.45, 2.75) is 92.8 Å². The first-order valence-electron chi connectivity index (χ1n) is 14.6. The molecule has 38 heavy (non-hydrogen) atoms. The predicted molar refractivity (Wildman–Crippen MR) is 161 cm³/mol. The molecule has 0 spiro atoms. The smallest absolute Gasteiger partial charge is 0.202 e. The Kier molecular flexibility index (Phi) is 8.72. The van der Waals surface area contributed by atoms with Crippen LogP contribution in [0.1, 0.15) is 103 Å². The molecule has 0 N–H and O–H groups in total. The lowest BCUT2D eigenvalue weighted by Gasteiger charge is -2.41. The summed E-state index contributed by atoms with van der Waals surface area (Å²) in [4.78, 5) is 0. The highest BCUT2D eigenvalue weighted by Crippen LogP contribution is 2.48. The van der Waals surface area contributed by atoms with Gasteiger partial charge in [0, 0.05) is 11.8 Å². The Morgan fingerprint density at radius 2 is 1.26 bits per heavy atom. The molecule has 1 aliphatic carbocycles. The van der Waals surface area contributed by atoms with Crippen molar-refractivity contribution in [3.05, 3.63) is 89.5 Å². The highest BCUT2D eigenvalue weighted by molar-refractivity contribution is 5.78. The lowest BCUT2D eigenvalue weighted by molar-refractivity contribution is -0.115. The summed E-state index contributed by atoms with van der Waals surface area (Å²) < 4.78 is 13.3. The van der Waals surface area contributed by atoms with Gasteiger partial charge >= 0.3 is 0 Å². The van der Waals surface area contributed by atoms with Crippen LogP contribution in [0.2, 0.25) is 0 Å². The van der Waals surface area contributed by atoms with E-state index in [1.54, 1.807) is 0 Å². The molecule has 0 saturated heterocycles. The summed E-state index contributed by atoms with van der Waals surface area (Å²) in [5.41, 5.74) is 7.09. The summed E-state index contributed by atoms with van der Waals surface area (Å²) >= 11 is 0. The van der Waals surface area contributed by atoms with Crippen molar-refractivity contribution in [3.8, 4) is 16.9 Å². The van der Waals surface area contributed by atoms with Crippen molar-refractivity contribution >= 4 is 0 Å². The number of hydrogen-bond acceptors (Lipinski definition) is 2. The van der Waals surface area contributed by atoms with Crippen molar-refractivity contribution in [3.63, 3.8) is 0 Å². The Morgan fingerprint density at radius 1 is 0.737 bits per heavy atom. The van der Waals surface area contributed by atoms with E-state index in [4.69, 9.17) is 9.47 Å². The van der Waals surface area contributed by atoms with Gasteiger partial charge in [-0.1, -0.05) is 129 Å². The molecule has 2 nitrogen and oxygen atoms in total. The second kappa shape index (κ2) is 11.7. The van der Waals surface area contributed by atoms with E-state index in [0.29, 0.717) is 18.4 Å². The third-order valence-electron chi connectivity index (χ3n) is 8.07. The summed E-state index contributed by atoms with van der Waals surface area (Å²) in [5, 5.41) is 0. The zero-order chi connectivity index (χ0) is 27.5. The normalized spacial score (nSPS) is 15.3. The number of ether oxygens (including phenoxy) is 2. The molecule has 204 valence electrons. The molecule has 0 amide bonds. The van der Waals surface area contributed by atoms with Gasteiger partial charge in [0.25, 0.3) is 0 Å². The van der Waals surface area contributed by atoms with E-state index in [1.165, 1.54) is 40.7 Å². The molecule has 0 aliphatic heterocycles. The van der Waals surface area contributed by atoms with Gasteiger partial charge in [0.05, 0.1) is 6.61 Å². The Balaban J connectivity index is 1.54. The van der Waals surface area contributed by atoms with Crippen molar-refractivity contribution < 1.29 is 9.47 Å². The van der Waals surface area contributed by atoms with Gasteiger partial charge in [-0.2, -0.15) is 0 Å². The van der Waals surface area contributed by atoms with Crippen LogP contribution in [0.4, 0.5) is 0 Å². The number of fused-ring (bicyclic) bond motifs is 3. The van der Waals surface area contributed by atoms with Crippen molar-refractivity contribution in [2.75, 3.05) is 6.61 Å². The average Bonchev–Trinajstić information content (AvgIpc) is 3.18. The minimum Gasteiger partial charge on any atom is -0.465 e. The molecule has 0 heterocycles. The van der Waals surface area contributed by atoms with Crippen molar-refractivity contribution in [1.82, 2.24) is 0 Å². The molecule has 3 aromatic rings. The monoisotopic (exact) mass is 512 g/mol. The molecule has 3 aromatic carbocycles. The molecule has 2 atom stereocenters. The maximum absolute atomic E-state index is 6.67. The van der Waals surface area contributed by atoms with Crippen LogP contribution in [0, 0.1) is 16.7 Å². The largest absolute Gasteiger partial charge is 0.465 e. The lowest BCUT2D eigenvalue weighted by Crippen LogP contribution is -2.31. The van der Waals surface area contributed by atoms with Gasteiger partial charge < -0.3 is 9.47 Å². The molecule has 1 aliphatic rings. The van der Waals surface area contributed by atoms with Crippen LogP contribution >= 0.6 is 0 Å². The third kappa shape index (κ3) is 6.34. The Bertz CT molecular complexity index is 1120. The molecular formula is C36H48O2. The van der Waals surface area contributed by atoms with Gasteiger partial charge in [-0.3, -0.25) is 0 Å². The van der Waals surface area contributed by atoms with Gasteiger partial charge in [-0.15, -0.1) is 0 Å². The fraction of sp³-hybridized carbons (Fsp3) is 0.500. The second-order valence-electron chi connectivity index (χ2n) is 13.4. The molecule has 0 fully saturated rings. The first-order chi connectivity index (χ1) is 18.0. The summed E-state index contributed by atoms with van der Waals surface area (Å²) in [7, 11) is 0. The molecule has 2 heteroatoms. The zero-order valence-corrected chi connectivity index (χ0v) is 24.9. The van der Waals surface area contributed by atoms with Crippen molar-refractivity contribution in [1.29, 1.82) is 0 Å². The van der Waals surface area contributed by atoms with Crippen molar-refractivity contribution in [2.24, 2.45) is 16.7 Å². The number of unbranched alkanes of at least 4 members (excludes halogenated alkanes) is 1. The topological polar surface area (TPSA) is 18.5 Å². The average molecular weight is 513 g/mol. The van der Waals surface area contributed by atoms with Crippen LogP contribution < -0.4 is 4.74 Å². The van der Waals surface area contributed by atoms with Crippen LogP contribution in [-0.2, 0) is 4.74 Å². The van der Waals surface area contributed by atoms with Gasteiger partial charge in [-0.05, 0) is 63.1 Å². The first kappa shape index (κ1) is 28.4. The highest BCUT2D eigenvalue weighted by Gasteiger charge is 2.36. The predicted octanol–water partition coefficient (Wildman–Crippen LogP) is 10.2. The second-order valence-corrected chi connectivity index (χ2v) is 13.4. The summed E-state index contributed by atoms with van der Waals surface area (Å²) in [6.45, 7) is 19.2. The van der Waals surface area contributed by atoms with E-state index in [2.05, 4.69) is 128 Å². The van der Waals surface area contributed by atoms with E-state index in [-0.39, 0.29) is 23.0 Å². The summed E-state index contributed by atoms with van der Waals surface area (Å²) in [6, 6.07) is 26.3. The molecule has 0 radical (unpaired) electrons. The van der Waals surface area contributed by atoms with Crippen LogP contribution in [0.15, 0.2) is 72.8 Å². The van der Waals surface area contributed by atoms with E-state index in [9.17, 15) is 0 Å². The Labute approximate surface area is 231 Å². The molecule has 0 bridgehead atoms. The maximum Gasteiger partial charge on any atom is 0.202 e. The first-order valence-corrected chi connectivity index (χ1v) is 14.6. The standard InChI is InChI=1S/C36H48O2/c1-9-10-15-25(2)34(38-27-22-20-26(21-23-27)33(35(3,4)5)36(6,7)8)37-24-32-30-18-13-11-16-28(30)29-17-12-14-19-31(29)32/h11-14,16-23,25,32-34H,9-10,15,24H2,1-8H3. The molecular weight excluding hydrogens is 464 g/mol. The number of benzene rings is 3. The van der Waals surface area contributed by atoms with Crippen LogP contribution in [0.5, 0.6) is 5.75 Å². The van der Waals surface area contributed by atoms with Gasteiger partial charge in [-0.25, -0.2) is 0 Å². The maximum atomic E-state index is 6.67.